The minimum atomic E-state index is -4.42. The standard InChI is InChI=1S/C14H11F3N/c1-18-11-7-8-12(10-5-3-2-4-6-10)13(9-11)14(15,16)17/h2-8,18H,1H3. The van der Waals surface area contributed by atoms with Crippen LogP contribution < -0.4 is 5.32 Å². The van der Waals surface area contributed by atoms with E-state index in [1.165, 1.54) is 6.07 Å². The summed E-state index contributed by atoms with van der Waals surface area (Å²) in [5.41, 5.74) is 0.244. The lowest BCUT2D eigenvalue weighted by molar-refractivity contribution is -0.137. The van der Waals surface area contributed by atoms with Gasteiger partial charge in [0, 0.05) is 18.8 Å². The molecule has 1 radical (unpaired) electrons. The molecule has 2 rings (SSSR count). The van der Waals surface area contributed by atoms with Gasteiger partial charge in [-0.05, 0) is 17.2 Å². The summed E-state index contributed by atoms with van der Waals surface area (Å²) < 4.78 is 39.0. The predicted octanol–water partition coefficient (Wildman–Crippen LogP) is 4.21. The number of alkyl halides is 3. The molecule has 0 bridgehead atoms. The molecule has 18 heavy (non-hydrogen) atoms. The van der Waals surface area contributed by atoms with Crippen LogP contribution in [0.4, 0.5) is 18.9 Å². The molecule has 0 saturated carbocycles. The number of nitrogens with one attached hydrogen (secondary N) is 1. The molecule has 1 N–H and O–H groups in total. The van der Waals surface area contributed by atoms with Crippen LogP contribution in [0.3, 0.4) is 0 Å². The number of halogens is 3. The molecule has 1 nitrogen and oxygen atoms in total. The van der Waals surface area contributed by atoms with Gasteiger partial charge < -0.3 is 5.32 Å². The largest absolute Gasteiger partial charge is 0.417 e. The van der Waals surface area contributed by atoms with Crippen molar-refractivity contribution in [2.45, 2.75) is 6.18 Å². The average molecular weight is 250 g/mol. The van der Waals surface area contributed by atoms with E-state index in [0.717, 1.165) is 0 Å². The fourth-order valence-corrected chi connectivity index (χ4v) is 1.72. The van der Waals surface area contributed by atoms with Crippen molar-refractivity contribution in [3.05, 3.63) is 54.1 Å². The highest BCUT2D eigenvalue weighted by atomic mass is 19.4. The molecule has 0 aliphatic rings. The van der Waals surface area contributed by atoms with Gasteiger partial charge in [-0.1, -0.05) is 36.4 Å². The molecule has 0 saturated heterocycles. The SMILES string of the molecule is CNc1[c]c(C(F)(F)F)c(-c2ccccc2)cc1. The Hall–Kier alpha value is -1.97. The van der Waals surface area contributed by atoms with Crippen LogP contribution in [0.2, 0.25) is 0 Å². The van der Waals surface area contributed by atoms with E-state index in [2.05, 4.69) is 11.4 Å². The van der Waals surface area contributed by atoms with Gasteiger partial charge in [0.1, 0.15) is 0 Å². The first kappa shape index (κ1) is 12.5. The molecule has 93 valence electrons. The maximum Gasteiger partial charge on any atom is 0.417 e. The first-order valence-corrected chi connectivity index (χ1v) is 5.39. The van der Waals surface area contributed by atoms with Crippen LogP contribution in [0.25, 0.3) is 11.1 Å². The normalized spacial score (nSPS) is 11.3. The summed E-state index contributed by atoms with van der Waals surface area (Å²) in [6, 6.07) is 13.9. The Bertz CT molecular complexity index is 532. The smallest absolute Gasteiger partial charge is 0.388 e. The van der Waals surface area contributed by atoms with Crippen molar-refractivity contribution in [3.8, 4) is 11.1 Å². The quantitative estimate of drug-likeness (QED) is 0.841. The van der Waals surface area contributed by atoms with Gasteiger partial charge in [-0.3, -0.25) is 0 Å². The summed E-state index contributed by atoms with van der Waals surface area (Å²) in [6.45, 7) is 0. The summed E-state index contributed by atoms with van der Waals surface area (Å²) in [4.78, 5) is 0. The van der Waals surface area contributed by atoms with Crippen molar-refractivity contribution in [3.63, 3.8) is 0 Å². The Morgan fingerprint density at radius 3 is 2.22 bits per heavy atom. The Morgan fingerprint density at radius 1 is 1.00 bits per heavy atom. The Kier molecular flexibility index (Phi) is 3.28. The van der Waals surface area contributed by atoms with Crippen LogP contribution in [0.15, 0.2) is 42.5 Å². The maximum atomic E-state index is 13.0. The fraction of sp³-hybridized carbons (Fsp3) is 0.143. The molecule has 2 aromatic carbocycles. The Morgan fingerprint density at radius 2 is 1.67 bits per heavy atom. The van der Waals surface area contributed by atoms with Crippen molar-refractivity contribution < 1.29 is 13.2 Å². The van der Waals surface area contributed by atoms with Crippen molar-refractivity contribution >= 4 is 5.69 Å². The third-order valence-corrected chi connectivity index (χ3v) is 2.58. The summed E-state index contributed by atoms with van der Waals surface area (Å²) in [5, 5.41) is 2.66. The second kappa shape index (κ2) is 4.72. The zero-order valence-electron chi connectivity index (χ0n) is 9.68. The van der Waals surface area contributed by atoms with Crippen LogP contribution in [0, 0.1) is 6.07 Å². The van der Waals surface area contributed by atoms with Gasteiger partial charge in [0.25, 0.3) is 0 Å². The number of benzene rings is 2. The van der Waals surface area contributed by atoms with Crippen molar-refractivity contribution in [1.82, 2.24) is 0 Å². The van der Waals surface area contributed by atoms with Crippen LogP contribution in [0.5, 0.6) is 0 Å². The Balaban J connectivity index is 2.61. The molecule has 2 aromatic rings. The van der Waals surface area contributed by atoms with E-state index in [-0.39, 0.29) is 5.56 Å². The summed E-state index contributed by atoms with van der Waals surface area (Å²) in [6.07, 6.45) is -4.42. The molecule has 0 atom stereocenters. The second-order valence-corrected chi connectivity index (χ2v) is 3.77. The van der Waals surface area contributed by atoms with E-state index in [0.29, 0.717) is 11.3 Å². The molecular formula is C14H11F3N. The number of rotatable bonds is 2. The average Bonchev–Trinajstić information content (AvgIpc) is 2.38. The highest BCUT2D eigenvalue weighted by molar-refractivity contribution is 5.70. The summed E-state index contributed by atoms with van der Waals surface area (Å²) in [5.74, 6) is 0. The number of hydrogen-bond donors (Lipinski definition) is 1. The first-order valence-electron chi connectivity index (χ1n) is 5.39. The third kappa shape index (κ3) is 2.47. The lowest BCUT2D eigenvalue weighted by Gasteiger charge is -2.14. The van der Waals surface area contributed by atoms with Crippen LogP contribution in [0.1, 0.15) is 5.56 Å². The highest BCUT2D eigenvalue weighted by Gasteiger charge is 2.34. The van der Waals surface area contributed by atoms with Gasteiger partial charge in [-0.2, -0.15) is 13.2 Å². The van der Waals surface area contributed by atoms with Crippen LogP contribution in [-0.4, -0.2) is 7.05 Å². The van der Waals surface area contributed by atoms with Gasteiger partial charge in [-0.25, -0.2) is 0 Å². The van der Waals surface area contributed by atoms with E-state index in [9.17, 15) is 13.2 Å². The minimum absolute atomic E-state index is 0.141. The molecule has 0 heterocycles. The summed E-state index contributed by atoms with van der Waals surface area (Å²) in [7, 11) is 1.56. The van der Waals surface area contributed by atoms with Gasteiger partial charge in [-0.15, -0.1) is 0 Å². The van der Waals surface area contributed by atoms with Gasteiger partial charge >= 0.3 is 6.18 Å². The summed E-state index contributed by atoms with van der Waals surface area (Å²) >= 11 is 0. The van der Waals surface area contributed by atoms with E-state index in [1.807, 2.05) is 0 Å². The molecule has 0 aromatic heterocycles. The van der Waals surface area contributed by atoms with Crippen molar-refractivity contribution in [2.75, 3.05) is 12.4 Å². The fourth-order valence-electron chi connectivity index (χ4n) is 1.72. The monoisotopic (exact) mass is 250 g/mol. The van der Waals surface area contributed by atoms with E-state index >= 15 is 0 Å². The molecule has 0 aliphatic heterocycles. The zero-order valence-corrected chi connectivity index (χ0v) is 9.68. The topological polar surface area (TPSA) is 12.0 Å². The maximum absolute atomic E-state index is 13.0. The van der Waals surface area contributed by atoms with E-state index < -0.39 is 11.7 Å². The third-order valence-electron chi connectivity index (χ3n) is 2.58. The van der Waals surface area contributed by atoms with E-state index in [1.54, 1.807) is 43.4 Å². The molecule has 0 fully saturated rings. The number of anilines is 1. The predicted molar refractivity (Wildman–Crippen MR) is 65.3 cm³/mol. The van der Waals surface area contributed by atoms with Gasteiger partial charge in [0.15, 0.2) is 0 Å². The zero-order chi connectivity index (χ0) is 13.2. The molecule has 0 amide bonds. The van der Waals surface area contributed by atoms with Crippen molar-refractivity contribution in [2.24, 2.45) is 0 Å². The van der Waals surface area contributed by atoms with Crippen molar-refractivity contribution in [1.29, 1.82) is 0 Å². The first-order chi connectivity index (χ1) is 8.52. The molecule has 0 unspecified atom stereocenters. The lowest BCUT2D eigenvalue weighted by atomic mass is 9.98. The molecule has 0 aliphatic carbocycles. The molecule has 0 spiro atoms. The highest BCUT2D eigenvalue weighted by Crippen LogP contribution is 2.38. The lowest BCUT2D eigenvalue weighted by Crippen LogP contribution is -2.08. The number of hydrogen-bond acceptors (Lipinski definition) is 1. The van der Waals surface area contributed by atoms with Crippen LogP contribution >= 0.6 is 0 Å². The van der Waals surface area contributed by atoms with E-state index in [4.69, 9.17) is 0 Å². The Labute approximate surface area is 103 Å². The molecule has 4 heteroatoms. The minimum Gasteiger partial charge on any atom is -0.388 e. The molecular weight excluding hydrogens is 239 g/mol. The van der Waals surface area contributed by atoms with Crippen LogP contribution in [-0.2, 0) is 6.18 Å². The van der Waals surface area contributed by atoms with Gasteiger partial charge in [0.2, 0.25) is 0 Å². The second-order valence-electron chi connectivity index (χ2n) is 3.77. The van der Waals surface area contributed by atoms with Gasteiger partial charge in [0.05, 0.1) is 5.56 Å².